The summed E-state index contributed by atoms with van der Waals surface area (Å²) in [7, 11) is 0. The van der Waals surface area contributed by atoms with Crippen LogP contribution >= 0.6 is 11.6 Å². The molecule has 0 aliphatic carbocycles. The van der Waals surface area contributed by atoms with E-state index >= 15 is 0 Å². The number of fused-ring (bicyclic) bond motifs is 2. The molecule has 2 amide bonds. The largest absolute Gasteiger partial charge is 0.465 e. The summed E-state index contributed by atoms with van der Waals surface area (Å²) in [6.45, 7) is 1.03. The van der Waals surface area contributed by atoms with E-state index in [1.807, 2.05) is 30.4 Å². The Kier molecular flexibility index (Phi) is 7.70. The number of para-hydroxylation sites is 1. The molecule has 1 spiro atoms. The van der Waals surface area contributed by atoms with Crippen LogP contribution in [0, 0.1) is 11.8 Å². The predicted molar refractivity (Wildman–Crippen MR) is 138 cm³/mol. The zero-order chi connectivity index (χ0) is 26.0. The average Bonchev–Trinajstić information content (AvgIpc) is 3.29. The zero-order valence-electron chi connectivity index (χ0n) is 20.8. The molecule has 198 valence electrons. The first-order valence-corrected chi connectivity index (χ1v) is 13.5. The Balaban J connectivity index is 1.55. The van der Waals surface area contributed by atoms with Gasteiger partial charge in [-0.15, -0.1) is 0 Å². The highest BCUT2D eigenvalue weighted by molar-refractivity contribution is 6.34. The van der Waals surface area contributed by atoms with Gasteiger partial charge in [0, 0.05) is 19.7 Å². The number of hydrogen-bond donors (Lipinski definition) is 1. The molecule has 2 saturated heterocycles. The quantitative estimate of drug-likeness (QED) is 0.331. The molecule has 37 heavy (non-hydrogen) atoms. The van der Waals surface area contributed by atoms with E-state index in [-0.39, 0.29) is 31.6 Å². The van der Waals surface area contributed by atoms with Crippen LogP contribution in [0.15, 0.2) is 48.6 Å². The lowest BCUT2D eigenvalue weighted by Gasteiger charge is -2.35. The highest BCUT2D eigenvalue weighted by atomic mass is 35.5. The number of ether oxygens (including phenoxy) is 2. The van der Waals surface area contributed by atoms with Crippen molar-refractivity contribution in [2.75, 3.05) is 31.2 Å². The number of carbonyl (C=O) groups excluding carboxylic acids is 3. The molecule has 1 N–H and O–H groups in total. The van der Waals surface area contributed by atoms with Crippen LogP contribution in [0.4, 0.5) is 5.69 Å². The molecule has 1 aromatic carbocycles. The number of anilines is 1. The molecular formula is C28H33ClN2O6. The van der Waals surface area contributed by atoms with E-state index < -0.39 is 35.6 Å². The van der Waals surface area contributed by atoms with Gasteiger partial charge in [-0.25, -0.2) is 0 Å². The van der Waals surface area contributed by atoms with Gasteiger partial charge in [0.15, 0.2) is 0 Å². The maximum atomic E-state index is 14.3. The molecule has 4 heterocycles. The fourth-order valence-electron chi connectivity index (χ4n) is 6.13. The van der Waals surface area contributed by atoms with E-state index in [2.05, 4.69) is 0 Å². The summed E-state index contributed by atoms with van der Waals surface area (Å²) >= 11 is 6.48. The Bertz CT molecular complexity index is 1110. The number of aliphatic hydroxyl groups is 1. The fraction of sp³-hybridized carbons (Fsp3) is 0.536. The van der Waals surface area contributed by atoms with Crippen LogP contribution < -0.4 is 4.90 Å². The van der Waals surface area contributed by atoms with Crippen molar-refractivity contribution in [3.8, 4) is 0 Å². The number of cyclic esters (lactones) is 1. The number of esters is 1. The minimum absolute atomic E-state index is 0.124. The predicted octanol–water partition coefficient (Wildman–Crippen LogP) is 3.27. The number of nitrogens with zero attached hydrogens (tertiary/aromatic N) is 2. The van der Waals surface area contributed by atoms with Crippen LogP contribution in [0.25, 0.3) is 0 Å². The minimum Gasteiger partial charge on any atom is -0.465 e. The Labute approximate surface area is 221 Å². The molecular weight excluding hydrogens is 496 g/mol. The molecule has 1 aromatic rings. The van der Waals surface area contributed by atoms with Crippen LogP contribution in [-0.2, 0) is 23.9 Å². The van der Waals surface area contributed by atoms with Gasteiger partial charge >= 0.3 is 5.97 Å². The monoisotopic (exact) mass is 528 g/mol. The molecule has 0 radical (unpaired) electrons. The highest BCUT2D eigenvalue weighted by Gasteiger charge is 2.71. The third kappa shape index (κ3) is 4.60. The summed E-state index contributed by atoms with van der Waals surface area (Å²) in [5.41, 5.74) is -0.720. The lowest BCUT2D eigenvalue weighted by molar-refractivity contribution is -0.154. The van der Waals surface area contributed by atoms with Crippen LogP contribution in [0.5, 0.6) is 0 Å². The molecule has 4 aliphatic rings. The van der Waals surface area contributed by atoms with E-state index in [9.17, 15) is 14.4 Å². The van der Waals surface area contributed by atoms with E-state index in [1.54, 1.807) is 28.0 Å². The van der Waals surface area contributed by atoms with E-state index in [0.717, 1.165) is 19.3 Å². The van der Waals surface area contributed by atoms with E-state index in [1.165, 1.54) is 0 Å². The van der Waals surface area contributed by atoms with Crippen molar-refractivity contribution in [2.24, 2.45) is 11.8 Å². The molecule has 4 aliphatic heterocycles. The number of unbranched alkanes of at least 4 members (excludes halogenated alkanes) is 3. The first kappa shape index (κ1) is 25.9. The van der Waals surface area contributed by atoms with Crippen molar-refractivity contribution in [1.82, 2.24) is 4.90 Å². The second-order valence-corrected chi connectivity index (χ2v) is 10.5. The van der Waals surface area contributed by atoms with Crippen molar-refractivity contribution in [3.05, 3.63) is 53.6 Å². The number of allylic oxidation sites excluding steroid dienone is 1. The number of likely N-dealkylation sites (tertiary alicyclic amines) is 1. The zero-order valence-corrected chi connectivity index (χ0v) is 21.5. The summed E-state index contributed by atoms with van der Waals surface area (Å²) in [6.07, 6.45) is 11.3. The smallest absolute Gasteiger partial charge is 0.312 e. The van der Waals surface area contributed by atoms with Gasteiger partial charge in [0.25, 0.3) is 5.91 Å². The number of rotatable bonds is 7. The van der Waals surface area contributed by atoms with Gasteiger partial charge in [-0.3, -0.25) is 14.4 Å². The van der Waals surface area contributed by atoms with Crippen molar-refractivity contribution < 1.29 is 29.0 Å². The second-order valence-electron chi connectivity index (χ2n) is 10.1. The Morgan fingerprint density at radius 1 is 1.05 bits per heavy atom. The number of aliphatic hydroxyl groups excluding tert-OH is 1. The lowest BCUT2D eigenvalue weighted by Crippen LogP contribution is -2.55. The number of amides is 2. The second kappa shape index (κ2) is 11.0. The summed E-state index contributed by atoms with van der Waals surface area (Å²) in [6, 6.07) is 6.20. The molecule has 0 saturated carbocycles. The van der Waals surface area contributed by atoms with Crippen LogP contribution in [0.3, 0.4) is 0 Å². The van der Waals surface area contributed by atoms with E-state index in [0.29, 0.717) is 36.5 Å². The van der Waals surface area contributed by atoms with Crippen molar-refractivity contribution >= 4 is 35.1 Å². The van der Waals surface area contributed by atoms with Gasteiger partial charge in [0.05, 0.1) is 29.3 Å². The normalized spacial score (nSPS) is 32.1. The van der Waals surface area contributed by atoms with Gasteiger partial charge in [0.1, 0.15) is 17.6 Å². The number of benzene rings is 1. The van der Waals surface area contributed by atoms with E-state index in [4.69, 9.17) is 26.2 Å². The SMILES string of the molecule is O=C1OCCC/C=C\[C@@H]2O[C@]34C=CCN(c5ccccc5Cl)C(=O)C3N(CCCCCCO)C(=O)[C@@H]4[C@H]12. The molecule has 5 rings (SSSR count). The van der Waals surface area contributed by atoms with Gasteiger partial charge in [-0.2, -0.15) is 0 Å². The molecule has 1 unspecified atom stereocenters. The minimum atomic E-state index is -1.28. The maximum absolute atomic E-state index is 14.3. The lowest BCUT2D eigenvalue weighted by atomic mass is 9.78. The molecule has 2 fully saturated rings. The standard InChI is InChI=1S/C28H33ClN2O6/c29-19-11-5-6-12-20(19)30-16-10-14-28-23(22-21(37-28)13-4-3-9-18-36-27(22)35)25(33)31(24(28)26(30)34)15-7-1-2-8-17-32/h4-6,10-14,21-24,32H,1-3,7-9,15-18H2/b13-4-/t21-,22+,23-,24?,28-/m0/s1. The average molecular weight is 529 g/mol. The molecule has 9 heteroatoms. The fourth-order valence-corrected chi connectivity index (χ4v) is 6.37. The number of halogens is 1. The number of carbonyl (C=O) groups is 3. The Hall–Kier alpha value is -2.68. The van der Waals surface area contributed by atoms with Crippen molar-refractivity contribution in [3.63, 3.8) is 0 Å². The molecule has 8 nitrogen and oxygen atoms in total. The third-order valence-electron chi connectivity index (χ3n) is 7.80. The third-order valence-corrected chi connectivity index (χ3v) is 8.12. The molecule has 5 atom stereocenters. The van der Waals surface area contributed by atoms with Gasteiger partial charge in [-0.05, 0) is 37.8 Å². The topological polar surface area (TPSA) is 96.4 Å². The summed E-state index contributed by atoms with van der Waals surface area (Å²) in [5.74, 6) is -2.69. The van der Waals surface area contributed by atoms with Crippen molar-refractivity contribution in [2.45, 2.75) is 56.3 Å². The van der Waals surface area contributed by atoms with Crippen LogP contribution in [-0.4, -0.2) is 71.8 Å². The summed E-state index contributed by atoms with van der Waals surface area (Å²) < 4.78 is 12.1. The Morgan fingerprint density at radius 3 is 2.68 bits per heavy atom. The Morgan fingerprint density at radius 2 is 1.86 bits per heavy atom. The van der Waals surface area contributed by atoms with Crippen LogP contribution in [0.1, 0.15) is 38.5 Å². The maximum Gasteiger partial charge on any atom is 0.312 e. The van der Waals surface area contributed by atoms with Crippen molar-refractivity contribution in [1.29, 1.82) is 0 Å². The summed E-state index contributed by atoms with van der Waals surface area (Å²) in [5, 5.41) is 9.54. The summed E-state index contributed by atoms with van der Waals surface area (Å²) in [4.78, 5) is 44.8. The molecule has 0 aromatic heterocycles. The number of hydrogen-bond acceptors (Lipinski definition) is 6. The van der Waals surface area contributed by atoms with Gasteiger partial charge in [0.2, 0.25) is 5.91 Å². The van der Waals surface area contributed by atoms with Gasteiger partial charge in [-0.1, -0.05) is 60.9 Å². The molecule has 0 bridgehead atoms. The first-order valence-electron chi connectivity index (χ1n) is 13.2. The first-order chi connectivity index (χ1) is 18.0. The van der Waals surface area contributed by atoms with Crippen LogP contribution in [0.2, 0.25) is 5.02 Å². The highest BCUT2D eigenvalue weighted by Crippen LogP contribution is 2.53. The van der Waals surface area contributed by atoms with Gasteiger partial charge < -0.3 is 24.4 Å².